The molecule has 30 heavy (non-hydrogen) atoms. The summed E-state index contributed by atoms with van der Waals surface area (Å²) in [6.07, 6.45) is 0.524. The maximum Gasteiger partial charge on any atom is 0.420 e. The standard InChI is InChI=1S/C22H37NO7/c1-9-11-12-16(24)13-15-14-22(15,17(25)28-10-2)23(18(26)29-20(3,4)5)19(27)30-21(6,7)8/h9,15-16,24H,1,10-14H2,2-8H3/t15-,16?,22-/m1/s1. The normalized spacial score (nSPS) is 21.9. The van der Waals surface area contributed by atoms with Gasteiger partial charge in [-0.15, -0.1) is 6.58 Å². The van der Waals surface area contributed by atoms with Crippen LogP contribution < -0.4 is 0 Å². The van der Waals surface area contributed by atoms with E-state index in [1.807, 2.05) is 0 Å². The number of imide groups is 1. The maximum absolute atomic E-state index is 13.0. The SMILES string of the molecule is C=CCCC(O)C[C@@H]1C[C@@]1(C(=O)OCC)N(C(=O)OC(C)(C)C)C(=O)OC(C)(C)C. The molecule has 0 aromatic heterocycles. The summed E-state index contributed by atoms with van der Waals surface area (Å²) in [6.45, 7) is 15.4. The Morgan fingerprint density at radius 2 is 1.63 bits per heavy atom. The van der Waals surface area contributed by atoms with Crippen LogP contribution in [0.5, 0.6) is 0 Å². The molecule has 3 atom stereocenters. The molecule has 1 aliphatic carbocycles. The van der Waals surface area contributed by atoms with E-state index in [1.165, 1.54) is 0 Å². The zero-order valence-electron chi connectivity index (χ0n) is 19.3. The third kappa shape index (κ3) is 7.00. The highest BCUT2D eigenvalue weighted by Gasteiger charge is 2.69. The fraction of sp³-hybridized carbons (Fsp3) is 0.773. The number of hydrogen-bond acceptors (Lipinski definition) is 7. The number of hydrogen-bond donors (Lipinski definition) is 1. The predicted octanol–water partition coefficient (Wildman–Crippen LogP) is 4.20. The summed E-state index contributed by atoms with van der Waals surface area (Å²) >= 11 is 0. The van der Waals surface area contributed by atoms with Crippen LogP contribution in [0.4, 0.5) is 9.59 Å². The van der Waals surface area contributed by atoms with E-state index in [4.69, 9.17) is 14.2 Å². The van der Waals surface area contributed by atoms with Crippen LogP contribution in [-0.2, 0) is 19.0 Å². The highest BCUT2D eigenvalue weighted by molar-refractivity contribution is 5.99. The molecular formula is C22H37NO7. The number of esters is 1. The number of ether oxygens (including phenoxy) is 3. The molecule has 0 heterocycles. The molecule has 0 spiro atoms. The molecule has 0 aromatic rings. The average Bonchev–Trinajstić information content (AvgIpc) is 3.24. The lowest BCUT2D eigenvalue weighted by atomic mass is 10.0. The van der Waals surface area contributed by atoms with Gasteiger partial charge in [-0.05, 0) is 80.1 Å². The van der Waals surface area contributed by atoms with Gasteiger partial charge in [0.25, 0.3) is 0 Å². The van der Waals surface area contributed by atoms with Crippen molar-refractivity contribution >= 4 is 18.2 Å². The van der Waals surface area contributed by atoms with Gasteiger partial charge in [-0.1, -0.05) is 6.08 Å². The Labute approximate surface area is 179 Å². The van der Waals surface area contributed by atoms with Crippen molar-refractivity contribution in [2.45, 2.75) is 97.0 Å². The predicted molar refractivity (Wildman–Crippen MR) is 112 cm³/mol. The smallest absolute Gasteiger partial charge is 0.420 e. The number of allylic oxidation sites excluding steroid dienone is 1. The molecule has 0 aromatic carbocycles. The molecule has 1 rings (SSSR count). The highest BCUT2D eigenvalue weighted by atomic mass is 16.6. The van der Waals surface area contributed by atoms with Crippen LogP contribution in [0.2, 0.25) is 0 Å². The third-order valence-electron chi connectivity index (χ3n) is 4.51. The first-order chi connectivity index (χ1) is 13.7. The van der Waals surface area contributed by atoms with Gasteiger partial charge in [0, 0.05) is 0 Å². The molecule has 1 fully saturated rings. The summed E-state index contributed by atoms with van der Waals surface area (Å²) in [6, 6.07) is 0. The van der Waals surface area contributed by atoms with Gasteiger partial charge in [0.15, 0.2) is 5.54 Å². The lowest BCUT2D eigenvalue weighted by Crippen LogP contribution is -2.55. The molecule has 8 heteroatoms. The fourth-order valence-electron chi connectivity index (χ4n) is 3.24. The van der Waals surface area contributed by atoms with E-state index in [0.29, 0.717) is 12.8 Å². The van der Waals surface area contributed by atoms with Gasteiger partial charge in [-0.3, -0.25) is 0 Å². The minimum atomic E-state index is -1.56. The van der Waals surface area contributed by atoms with E-state index in [1.54, 1.807) is 54.5 Å². The van der Waals surface area contributed by atoms with Crippen molar-refractivity contribution in [2.75, 3.05) is 6.61 Å². The number of carbonyl (C=O) groups is 3. The fourth-order valence-corrected chi connectivity index (χ4v) is 3.24. The van der Waals surface area contributed by atoms with E-state index in [9.17, 15) is 19.5 Å². The molecular weight excluding hydrogens is 390 g/mol. The number of aliphatic hydroxyl groups is 1. The second kappa shape index (κ2) is 9.81. The summed E-state index contributed by atoms with van der Waals surface area (Å²) in [4.78, 5) is 39.7. The molecule has 0 aliphatic heterocycles. The summed E-state index contributed by atoms with van der Waals surface area (Å²) in [5.41, 5.74) is -3.34. The molecule has 1 unspecified atom stereocenters. The van der Waals surface area contributed by atoms with Crippen molar-refractivity contribution in [1.29, 1.82) is 0 Å². The summed E-state index contributed by atoms with van der Waals surface area (Å²) in [5, 5.41) is 10.3. The Balaban J connectivity index is 3.29. The van der Waals surface area contributed by atoms with Crippen molar-refractivity contribution in [3.05, 3.63) is 12.7 Å². The van der Waals surface area contributed by atoms with Gasteiger partial charge in [0.1, 0.15) is 11.2 Å². The van der Waals surface area contributed by atoms with Gasteiger partial charge in [-0.25, -0.2) is 14.4 Å². The molecule has 1 saturated carbocycles. The van der Waals surface area contributed by atoms with Crippen LogP contribution in [0.3, 0.4) is 0 Å². The van der Waals surface area contributed by atoms with Gasteiger partial charge in [-0.2, -0.15) is 4.90 Å². The van der Waals surface area contributed by atoms with Crippen LogP contribution in [-0.4, -0.2) is 57.6 Å². The number of rotatable bonds is 8. The first-order valence-electron chi connectivity index (χ1n) is 10.4. The summed E-state index contributed by atoms with van der Waals surface area (Å²) in [5.74, 6) is -1.17. The monoisotopic (exact) mass is 427 g/mol. The minimum absolute atomic E-state index is 0.0861. The Morgan fingerprint density at radius 3 is 2.03 bits per heavy atom. The van der Waals surface area contributed by atoms with Crippen LogP contribution in [0, 0.1) is 5.92 Å². The van der Waals surface area contributed by atoms with Crippen LogP contribution in [0.15, 0.2) is 12.7 Å². The Hall–Kier alpha value is -2.09. The second-order valence-electron chi connectivity index (χ2n) is 9.60. The quantitative estimate of drug-likeness (QED) is 0.352. The van der Waals surface area contributed by atoms with E-state index >= 15 is 0 Å². The van der Waals surface area contributed by atoms with Gasteiger partial charge >= 0.3 is 18.2 Å². The molecule has 0 bridgehead atoms. The molecule has 2 amide bonds. The van der Waals surface area contributed by atoms with E-state index in [2.05, 4.69) is 6.58 Å². The Morgan fingerprint density at radius 1 is 1.13 bits per heavy atom. The van der Waals surface area contributed by atoms with Crippen LogP contribution in [0.25, 0.3) is 0 Å². The Kier molecular flexibility index (Phi) is 8.49. The second-order valence-corrected chi connectivity index (χ2v) is 9.60. The average molecular weight is 428 g/mol. The molecule has 172 valence electrons. The van der Waals surface area contributed by atoms with Gasteiger partial charge < -0.3 is 19.3 Å². The third-order valence-corrected chi connectivity index (χ3v) is 4.51. The van der Waals surface area contributed by atoms with Crippen LogP contribution >= 0.6 is 0 Å². The molecule has 1 N–H and O–H groups in total. The largest absolute Gasteiger partial charge is 0.464 e. The topological polar surface area (TPSA) is 102 Å². The lowest BCUT2D eigenvalue weighted by molar-refractivity contribution is -0.152. The van der Waals surface area contributed by atoms with E-state index in [0.717, 1.165) is 4.90 Å². The zero-order valence-corrected chi connectivity index (χ0v) is 19.3. The number of nitrogens with zero attached hydrogens (tertiary/aromatic N) is 1. The number of aliphatic hydroxyl groups excluding tert-OH is 1. The maximum atomic E-state index is 13.0. The highest BCUT2D eigenvalue weighted by Crippen LogP contribution is 2.53. The molecule has 1 aliphatic rings. The molecule has 0 radical (unpaired) electrons. The number of amides is 2. The summed E-state index contributed by atoms with van der Waals surface area (Å²) < 4.78 is 16.0. The van der Waals surface area contributed by atoms with Crippen molar-refractivity contribution in [3.8, 4) is 0 Å². The molecule has 8 nitrogen and oxygen atoms in total. The minimum Gasteiger partial charge on any atom is -0.464 e. The van der Waals surface area contributed by atoms with Crippen molar-refractivity contribution in [2.24, 2.45) is 5.92 Å². The van der Waals surface area contributed by atoms with Crippen molar-refractivity contribution in [1.82, 2.24) is 4.90 Å². The zero-order chi connectivity index (χ0) is 23.3. The van der Waals surface area contributed by atoms with Crippen LogP contribution in [0.1, 0.15) is 74.1 Å². The van der Waals surface area contributed by atoms with Crippen molar-refractivity contribution < 1.29 is 33.7 Å². The van der Waals surface area contributed by atoms with Gasteiger partial charge in [0.2, 0.25) is 0 Å². The first-order valence-corrected chi connectivity index (χ1v) is 10.4. The number of carbonyl (C=O) groups excluding carboxylic acids is 3. The van der Waals surface area contributed by atoms with E-state index < -0.39 is 46.9 Å². The Bertz CT molecular complexity index is 619. The van der Waals surface area contributed by atoms with Crippen molar-refractivity contribution in [3.63, 3.8) is 0 Å². The first kappa shape index (κ1) is 25.9. The van der Waals surface area contributed by atoms with E-state index in [-0.39, 0.29) is 19.4 Å². The lowest BCUT2D eigenvalue weighted by Gasteiger charge is -2.33. The van der Waals surface area contributed by atoms with Gasteiger partial charge in [0.05, 0.1) is 12.7 Å². The summed E-state index contributed by atoms with van der Waals surface area (Å²) in [7, 11) is 0. The molecule has 0 saturated heterocycles.